The van der Waals surface area contributed by atoms with Crippen molar-refractivity contribution >= 4 is 22.9 Å². The number of benzene rings is 3. The van der Waals surface area contributed by atoms with Crippen LogP contribution in [-0.2, 0) is 9.53 Å². The molecule has 1 saturated carbocycles. The number of aliphatic hydroxyl groups excluding tert-OH is 1. The highest BCUT2D eigenvalue weighted by atomic mass is 16.6. The number of hydrogen-bond donors (Lipinski definition) is 6. The zero-order chi connectivity index (χ0) is 38.3. The molecule has 4 aliphatic rings. The Bertz CT molecular complexity index is 1990. The summed E-state index contributed by atoms with van der Waals surface area (Å²) < 4.78 is 12.0. The summed E-state index contributed by atoms with van der Waals surface area (Å²) in [5.41, 5.74) is 9.21. The number of amides is 2. The Labute approximate surface area is 321 Å². The van der Waals surface area contributed by atoms with Crippen LogP contribution in [0.4, 0.5) is 4.79 Å². The number of ether oxygens (including phenoxy) is 2. The highest BCUT2D eigenvalue weighted by molar-refractivity contribution is 5.87. The largest absolute Gasteiger partial charge is 0.506 e. The smallest absolute Gasteiger partial charge is 0.405 e. The summed E-state index contributed by atoms with van der Waals surface area (Å²) in [5.74, 6) is 2.06. The zero-order valence-corrected chi connectivity index (χ0v) is 31.3. The molecule has 2 bridgehead atoms. The third-order valence-corrected chi connectivity index (χ3v) is 11.9. The minimum Gasteiger partial charge on any atom is -0.506 e. The molecule has 4 aromatic rings. The van der Waals surface area contributed by atoms with Gasteiger partial charge in [0.05, 0.1) is 18.2 Å². The highest BCUT2D eigenvalue weighted by Gasteiger charge is 2.40. The molecule has 1 aromatic heterocycles. The molecule has 3 aliphatic heterocycles. The molecule has 2 unspecified atom stereocenters. The fourth-order valence-corrected chi connectivity index (χ4v) is 8.79. The number of nitrogens with one attached hydrogen (secondary N) is 3. The van der Waals surface area contributed by atoms with Crippen molar-refractivity contribution in [1.29, 1.82) is 0 Å². The lowest BCUT2D eigenvalue weighted by atomic mass is 9.74. The van der Waals surface area contributed by atoms with Crippen molar-refractivity contribution in [3.63, 3.8) is 0 Å². The van der Waals surface area contributed by atoms with Gasteiger partial charge in [-0.05, 0) is 123 Å². The number of aromatic amines is 1. The van der Waals surface area contributed by atoms with Crippen LogP contribution in [0.25, 0.3) is 22.0 Å². The number of phenols is 1. The number of pyridine rings is 1. The number of piperidine rings is 3. The fourth-order valence-electron chi connectivity index (χ4n) is 8.79. The number of fused-ring (bicyclic) bond motifs is 4. The van der Waals surface area contributed by atoms with Gasteiger partial charge in [0.2, 0.25) is 11.5 Å². The molecule has 3 saturated heterocycles. The average molecular weight is 752 g/mol. The molecule has 2 amide bonds. The Morgan fingerprint density at radius 3 is 2.44 bits per heavy atom. The summed E-state index contributed by atoms with van der Waals surface area (Å²) in [7, 11) is 0. The predicted molar refractivity (Wildman–Crippen MR) is 211 cm³/mol. The molecule has 12 heteroatoms. The first-order valence-corrected chi connectivity index (χ1v) is 19.7. The van der Waals surface area contributed by atoms with Crippen LogP contribution in [0.2, 0.25) is 0 Å². The SMILES string of the molecule is NC(=O)OC(c1ccc(-c2cccc(OCC3CCC(C(=O)NCCCNC[C@H](O)c4ccc(O)c5[nH]c(=O)ccc45)CC3)c2)cc1)C1CN2CCC1CC2. The van der Waals surface area contributed by atoms with Crippen LogP contribution in [0.15, 0.2) is 77.6 Å². The molecule has 12 nitrogen and oxygen atoms in total. The summed E-state index contributed by atoms with van der Waals surface area (Å²) in [6.45, 7) is 5.24. The Kier molecular flexibility index (Phi) is 12.3. The van der Waals surface area contributed by atoms with Gasteiger partial charge in [0.1, 0.15) is 17.6 Å². The van der Waals surface area contributed by atoms with E-state index >= 15 is 0 Å². The van der Waals surface area contributed by atoms with E-state index in [1.807, 2.05) is 12.1 Å². The normalized spacial score (nSPS) is 23.2. The monoisotopic (exact) mass is 751 g/mol. The van der Waals surface area contributed by atoms with Gasteiger partial charge in [0.25, 0.3) is 0 Å². The van der Waals surface area contributed by atoms with Gasteiger partial charge in [-0.2, -0.15) is 0 Å². The molecule has 7 N–H and O–H groups in total. The first-order valence-electron chi connectivity index (χ1n) is 19.7. The number of aliphatic hydroxyl groups is 1. The molecule has 292 valence electrons. The molecule has 4 fully saturated rings. The van der Waals surface area contributed by atoms with E-state index in [0.717, 1.165) is 87.0 Å². The molecular weight excluding hydrogens is 699 g/mol. The van der Waals surface area contributed by atoms with E-state index in [0.29, 0.717) is 54.5 Å². The standard InChI is InChI=1S/C43H53N5O7/c44-43(53)55-41(36-25-48-21-17-29(36)18-22-48)30-11-9-28(10-12-30)32-3-1-4-33(23-32)54-26-27-5-7-31(8-6-27)42(52)46-20-2-19-45-24-38(50)34-13-15-37(49)40-35(34)14-16-39(51)47-40/h1,3-4,9-16,23,27,29,31,36,38,41,45,49-50H,2,5-8,17-22,24-26H2,(H2,44,53)(H,46,52)(H,47,51)/t27?,31?,36?,38-,41?/m0/s1. The van der Waals surface area contributed by atoms with Crippen molar-refractivity contribution in [3.05, 3.63) is 94.3 Å². The quantitative estimate of drug-likeness (QED) is 0.0869. The lowest BCUT2D eigenvalue weighted by Gasteiger charge is -2.47. The van der Waals surface area contributed by atoms with E-state index in [2.05, 4.69) is 56.9 Å². The Morgan fingerprint density at radius 2 is 1.71 bits per heavy atom. The highest BCUT2D eigenvalue weighted by Crippen LogP contribution is 2.42. The molecule has 3 aromatic carbocycles. The van der Waals surface area contributed by atoms with Crippen molar-refractivity contribution < 1.29 is 29.3 Å². The summed E-state index contributed by atoms with van der Waals surface area (Å²) in [4.78, 5) is 41.5. The van der Waals surface area contributed by atoms with Crippen molar-refractivity contribution in [2.45, 2.75) is 57.2 Å². The Hall–Kier alpha value is -4.91. The fraction of sp³-hybridized carbons (Fsp3) is 0.465. The Balaban J connectivity index is 0.812. The van der Waals surface area contributed by atoms with Gasteiger partial charge >= 0.3 is 6.09 Å². The number of hydrogen-bond acceptors (Lipinski definition) is 9. The van der Waals surface area contributed by atoms with E-state index in [1.165, 1.54) is 12.1 Å². The van der Waals surface area contributed by atoms with Gasteiger partial charge < -0.3 is 45.9 Å². The van der Waals surface area contributed by atoms with Crippen molar-refractivity contribution in [3.8, 4) is 22.6 Å². The minimum absolute atomic E-state index is 0.00490. The van der Waals surface area contributed by atoms with Gasteiger partial charge in [-0.1, -0.05) is 42.5 Å². The molecule has 1 aliphatic carbocycles. The van der Waals surface area contributed by atoms with Crippen LogP contribution in [0.1, 0.15) is 68.3 Å². The maximum Gasteiger partial charge on any atom is 0.405 e. The molecule has 3 atom stereocenters. The van der Waals surface area contributed by atoms with Crippen LogP contribution in [0, 0.1) is 23.7 Å². The van der Waals surface area contributed by atoms with Gasteiger partial charge in [0, 0.05) is 42.9 Å². The third kappa shape index (κ3) is 9.49. The van der Waals surface area contributed by atoms with E-state index < -0.39 is 12.2 Å². The lowest BCUT2D eigenvalue weighted by molar-refractivity contribution is -0.126. The topological polar surface area (TPSA) is 179 Å². The molecule has 4 heterocycles. The number of carbonyl (C=O) groups excluding carboxylic acids is 2. The van der Waals surface area contributed by atoms with Crippen LogP contribution in [-0.4, -0.2) is 78.0 Å². The number of aromatic nitrogens is 1. The van der Waals surface area contributed by atoms with E-state index in [4.69, 9.17) is 15.2 Å². The number of aromatic hydroxyl groups is 1. The first-order chi connectivity index (χ1) is 26.7. The second kappa shape index (κ2) is 17.7. The van der Waals surface area contributed by atoms with Crippen LogP contribution >= 0.6 is 0 Å². The van der Waals surface area contributed by atoms with E-state index in [9.17, 15) is 24.6 Å². The van der Waals surface area contributed by atoms with Crippen LogP contribution in [0.5, 0.6) is 11.5 Å². The number of carbonyl (C=O) groups is 2. The summed E-state index contributed by atoms with van der Waals surface area (Å²) >= 11 is 0. The second-order valence-electron chi connectivity index (χ2n) is 15.5. The van der Waals surface area contributed by atoms with Gasteiger partial charge in [-0.3, -0.25) is 9.59 Å². The van der Waals surface area contributed by atoms with Crippen molar-refractivity contribution in [2.75, 3.05) is 45.9 Å². The summed E-state index contributed by atoms with van der Waals surface area (Å²) in [6.07, 6.45) is 4.63. The summed E-state index contributed by atoms with van der Waals surface area (Å²) in [5, 5.41) is 27.7. The second-order valence-corrected chi connectivity index (χ2v) is 15.5. The molecular formula is C43H53N5O7. The van der Waals surface area contributed by atoms with E-state index in [1.54, 1.807) is 12.1 Å². The number of H-pyrrole nitrogens is 1. The number of rotatable bonds is 15. The molecule has 8 rings (SSSR count). The number of phenolic OH excluding ortho intramolecular Hbond substituents is 1. The molecule has 55 heavy (non-hydrogen) atoms. The van der Waals surface area contributed by atoms with Crippen LogP contribution in [0.3, 0.4) is 0 Å². The number of primary amides is 1. The minimum atomic E-state index is -0.825. The maximum atomic E-state index is 12.9. The van der Waals surface area contributed by atoms with Gasteiger partial charge in [-0.15, -0.1) is 0 Å². The van der Waals surface area contributed by atoms with Crippen molar-refractivity contribution in [1.82, 2.24) is 20.5 Å². The van der Waals surface area contributed by atoms with E-state index in [-0.39, 0.29) is 35.2 Å². The first kappa shape index (κ1) is 38.4. The zero-order valence-electron chi connectivity index (χ0n) is 31.3. The number of nitrogens with two attached hydrogens (primary N) is 1. The average Bonchev–Trinajstić information content (AvgIpc) is 3.21. The van der Waals surface area contributed by atoms with Gasteiger partial charge in [0.15, 0.2) is 0 Å². The van der Waals surface area contributed by atoms with Crippen LogP contribution < -0.4 is 26.7 Å². The maximum absolute atomic E-state index is 12.9. The molecule has 0 spiro atoms. The lowest BCUT2D eigenvalue weighted by Crippen LogP contribution is -2.50. The van der Waals surface area contributed by atoms with Gasteiger partial charge in [-0.25, -0.2) is 4.79 Å². The number of nitrogens with zero attached hydrogens (tertiary/aromatic N) is 1. The third-order valence-electron chi connectivity index (χ3n) is 11.9. The summed E-state index contributed by atoms with van der Waals surface area (Å²) in [6, 6.07) is 22.5. The van der Waals surface area contributed by atoms with Crippen molar-refractivity contribution in [2.24, 2.45) is 29.4 Å². The Morgan fingerprint density at radius 1 is 0.927 bits per heavy atom. The predicted octanol–water partition coefficient (Wildman–Crippen LogP) is 5.39. The molecule has 0 radical (unpaired) electrons.